The van der Waals surface area contributed by atoms with Crippen LogP contribution >= 0.6 is 15.9 Å². The predicted molar refractivity (Wildman–Crippen MR) is 68.9 cm³/mol. The average Bonchev–Trinajstić information content (AvgIpc) is 2.25. The summed E-state index contributed by atoms with van der Waals surface area (Å²) in [6.07, 6.45) is 0. The van der Waals surface area contributed by atoms with Crippen LogP contribution in [0.2, 0.25) is 0 Å². The molecule has 0 spiro atoms. The second-order valence-corrected chi connectivity index (χ2v) is 5.32. The first-order chi connectivity index (χ1) is 7.57. The van der Waals surface area contributed by atoms with Crippen molar-refractivity contribution in [2.75, 3.05) is 11.9 Å². The normalized spacial score (nSPS) is 12.8. The lowest BCUT2D eigenvalue weighted by molar-refractivity contribution is 0.334. The molecule has 1 N–H and O–H groups in total. The zero-order valence-electron chi connectivity index (χ0n) is 9.27. The molecule has 0 saturated heterocycles. The van der Waals surface area contributed by atoms with Gasteiger partial charge in [0.05, 0.1) is 6.61 Å². The Labute approximate surface area is 107 Å². The van der Waals surface area contributed by atoms with Gasteiger partial charge < -0.3 is 9.29 Å². The maximum atomic E-state index is 11.3. The lowest BCUT2D eigenvalue weighted by atomic mass is 10.0. The van der Waals surface area contributed by atoms with Gasteiger partial charge in [-0.2, -0.15) is 0 Å². The molecule has 0 amide bonds. The van der Waals surface area contributed by atoms with E-state index in [1.54, 1.807) is 6.07 Å². The molecule has 1 aromatic rings. The van der Waals surface area contributed by atoms with E-state index in [9.17, 15) is 8.76 Å². The highest BCUT2D eigenvalue weighted by atomic mass is 79.9. The van der Waals surface area contributed by atoms with E-state index in [1.807, 2.05) is 26.0 Å². The Morgan fingerprint density at radius 1 is 1.50 bits per heavy atom. The van der Waals surface area contributed by atoms with Crippen LogP contribution in [0.3, 0.4) is 0 Å². The molecule has 0 saturated carbocycles. The van der Waals surface area contributed by atoms with Crippen molar-refractivity contribution in [2.45, 2.75) is 24.7 Å². The Kier molecular flexibility index (Phi) is 5.44. The molecule has 1 aromatic carbocycles. The third kappa shape index (κ3) is 3.30. The van der Waals surface area contributed by atoms with Crippen molar-refractivity contribution in [3.05, 3.63) is 23.8 Å². The molecule has 0 aliphatic rings. The van der Waals surface area contributed by atoms with Crippen molar-refractivity contribution in [2.24, 2.45) is 0 Å². The van der Waals surface area contributed by atoms with Crippen LogP contribution in [0.15, 0.2) is 23.1 Å². The van der Waals surface area contributed by atoms with Crippen molar-refractivity contribution >= 4 is 27.0 Å². The van der Waals surface area contributed by atoms with E-state index in [2.05, 4.69) is 15.9 Å². The second kappa shape index (κ2) is 6.37. The first-order valence-electron chi connectivity index (χ1n) is 5.00. The van der Waals surface area contributed by atoms with Crippen LogP contribution in [-0.4, -0.2) is 20.7 Å². The largest absolute Gasteiger partial charge is 0.491 e. The van der Waals surface area contributed by atoms with Crippen molar-refractivity contribution in [3.8, 4) is 5.75 Å². The van der Waals surface area contributed by atoms with E-state index in [-0.39, 0.29) is 5.92 Å². The van der Waals surface area contributed by atoms with Crippen molar-refractivity contribution < 1.29 is 13.5 Å². The second-order valence-electron chi connectivity index (χ2n) is 3.62. The van der Waals surface area contributed by atoms with Gasteiger partial charge in [-0.3, -0.25) is 0 Å². The first kappa shape index (κ1) is 13.7. The summed E-state index contributed by atoms with van der Waals surface area (Å²) in [6, 6.07) is 5.42. The molecule has 0 fully saturated rings. The van der Waals surface area contributed by atoms with E-state index in [4.69, 9.17) is 4.74 Å². The molecule has 0 radical (unpaired) electrons. The summed E-state index contributed by atoms with van der Waals surface area (Å²) in [6.45, 7) is 4.45. The van der Waals surface area contributed by atoms with Crippen LogP contribution in [0.1, 0.15) is 25.3 Å². The fraction of sp³-hybridized carbons (Fsp3) is 0.455. The van der Waals surface area contributed by atoms with Gasteiger partial charge in [0.1, 0.15) is 10.6 Å². The topological polar surface area (TPSA) is 46.5 Å². The summed E-state index contributed by atoms with van der Waals surface area (Å²) < 4.78 is 26.1. The molecule has 0 aliphatic carbocycles. The van der Waals surface area contributed by atoms with Gasteiger partial charge in [-0.1, -0.05) is 41.9 Å². The third-order valence-electron chi connectivity index (χ3n) is 2.14. The number of ether oxygens (including phenoxy) is 1. The maximum Gasteiger partial charge on any atom is 0.190 e. The van der Waals surface area contributed by atoms with Crippen molar-refractivity contribution in [1.29, 1.82) is 0 Å². The summed E-state index contributed by atoms with van der Waals surface area (Å²) in [7, 11) is 0. The Bertz CT molecular complexity index is 379. The first-order valence-corrected chi connectivity index (χ1v) is 7.23. The molecule has 0 bridgehead atoms. The Balaban J connectivity index is 3.16. The van der Waals surface area contributed by atoms with Crippen LogP contribution in [0.25, 0.3) is 0 Å². The molecule has 0 heterocycles. The monoisotopic (exact) mass is 306 g/mol. The predicted octanol–water partition coefficient (Wildman–Crippen LogP) is 3.16. The average molecular weight is 307 g/mol. The summed E-state index contributed by atoms with van der Waals surface area (Å²) in [4.78, 5) is 0.387. The van der Waals surface area contributed by atoms with E-state index in [0.717, 1.165) is 5.56 Å². The minimum absolute atomic E-state index is 0.193. The van der Waals surface area contributed by atoms with Gasteiger partial charge in [-0.15, -0.1) is 0 Å². The lowest BCUT2D eigenvalue weighted by Crippen LogP contribution is -2.05. The van der Waals surface area contributed by atoms with Gasteiger partial charge >= 0.3 is 0 Å². The highest BCUT2D eigenvalue weighted by Crippen LogP contribution is 2.30. The molecule has 1 atom stereocenters. The van der Waals surface area contributed by atoms with Gasteiger partial charge in [0, 0.05) is 5.33 Å². The summed E-state index contributed by atoms with van der Waals surface area (Å²) in [5, 5.41) is 0.691. The molecule has 16 heavy (non-hydrogen) atoms. The highest BCUT2D eigenvalue weighted by molar-refractivity contribution is 9.09. The van der Waals surface area contributed by atoms with Gasteiger partial charge in [0.2, 0.25) is 0 Å². The number of halogens is 1. The molecule has 0 aliphatic heterocycles. The summed E-state index contributed by atoms with van der Waals surface area (Å²) >= 11 is 1.24. The Morgan fingerprint density at radius 2 is 2.19 bits per heavy atom. The van der Waals surface area contributed by atoms with Crippen LogP contribution in [0, 0.1) is 0 Å². The summed E-state index contributed by atoms with van der Waals surface area (Å²) in [5.74, 6) is 0.685. The zero-order valence-corrected chi connectivity index (χ0v) is 11.7. The minimum Gasteiger partial charge on any atom is -0.491 e. The van der Waals surface area contributed by atoms with Gasteiger partial charge in [0.25, 0.3) is 0 Å². The molecule has 1 unspecified atom stereocenters. The number of alkyl halides is 1. The quantitative estimate of drug-likeness (QED) is 0.671. The molecule has 1 rings (SSSR count). The van der Waals surface area contributed by atoms with E-state index in [0.29, 0.717) is 22.6 Å². The van der Waals surface area contributed by atoms with Crippen LogP contribution in [0.5, 0.6) is 5.75 Å². The lowest BCUT2D eigenvalue weighted by Gasteiger charge is -2.14. The minimum atomic E-state index is -2.02. The number of hydrogen-bond acceptors (Lipinski definition) is 2. The van der Waals surface area contributed by atoms with Crippen LogP contribution < -0.4 is 4.74 Å². The van der Waals surface area contributed by atoms with Gasteiger partial charge in [-0.05, 0) is 17.5 Å². The number of rotatable bonds is 5. The number of benzene rings is 1. The Morgan fingerprint density at radius 3 is 2.69 bits per heavy atom. The van der Waals surface area contributed by atoms with E-state index >= 15 is 0 Å². The van der Waals surface area contributed by atoms with Gasteiger partial charge in [-0.25, -0.2) is 4.21 Å². The fourth-order valence-electron chi connectivity index (χ4n) is 1.44. The molecular formula is C11H15BrO3S. The SMILES string of the molecule is CC(C)c1cccc(OCCBr)c1S(=O)O. The van der Waals surface area contributed by atoms with E-state index in [1.165, 1.54) is 0 Å². The molecule has 0 aromatic heterocycles. The van der Waals surface area contributed by atoms with E-state index < -0.39 is 11.1 Å². The van der Waals surface area contributed by atoms with Crippen LogP contribution in [-0.2, 0) is 11.1 Å². The standard InChI is InChI=1S/C11H15BrO3S/c1-8(2)9-4-3-5-10(15-7-6-12)11(9)16(13)14/h3-5,8H,6-7H2,1-2H3,(H,13,14). The third-order valence-corrected chi connectivity index (χ3v) is 3.25. The number of hydrogen-bond donors (Lipinski definition) is 1. The highest BCUT2D eigenvalue weighted by Gasteiger charge is 2.16. The maximum absolute atomic E-state index is 11.3. The van der Waals surface area contributed by atoms with Gasteiger partial charge in [0.15, 0.2) is 11.1 Å². The fourth-order valence-corrected chi connectivity index (χ4v) is 2.40. The molecule has 3 nitrogen and oxygen atoms in total. The molecule has 5 heteroatoms. The summed E-state index contributed by atoms with van der Waals surface area (Å²) in [5.41, 5.74) is 0.855. The molecular weight excluding hydrogens is 292 g/mol. The van der Waals surface area contributed by atoms with Crippen molar-refractivity contribution in [3.63, 3.8) is 0 Å². The Hall–Kier alpha value is -0.390. The molecule has 90 valence electrons. The zero-order chi connectivity index (χ0) is 12.1. The van der Waals surface area contributed by atoms with Crippen LogP contribution in [0.4, 0.5) is 0 Å². The smallest absolute Gasteiger partial charge is 0.190 e. The van der Waals surface area contributed by atoms with Crippen molar-refractivity contribution in [1.82, 2.24) is 0 Å².